The number of likely N-dealkylation sites (tertiary alicyclic amines) is 1. The van der Waals surface area contributed by atoms with Gasteiger partial charge in [-0.3, -0.25) is 14.4 Å². The molecule has 0 radical (unpaired) electrons. The van der Waals surface area contributed by atoms with Crippen LogP contribution in [-0.2, 0) is 11.8 Å². The molecule has 0 unspecified atom stereocenters. The van der Waals surface area contributed by atoms with Crippen molar-refractivity contribution >= 4 is 11.8 Å². The van der Waals surface area contributed by atoms with Crippen LogP contribution in [0.4, 0.5) is 0 Å². The molecule has 2 heterocycles. The number of hydrogen-bond donors (Lipinski definition) is 0. The number of rotatable bonds is 2. The molecule has 0 N–H and O–H groups in total. The van der Waals surface area contributed by atoms with Crippen LogP contribution >= 0.6 is 0 Å². The van der Waals surface area contributed by atoms with Crippen molar-refractivity contribution in [2.45, 2.75) is 26.7 Å². The highest BCUT2D eigenvalue weighted by molar-refractivity contribution is 5.94. The van der Waals surface area contributed by atoms with Crippen LogP contribution in [0.2, 0.25) is 0 Å². The topological polar surface area (TPSA) is 62.6 Å². The van der Waals surface area contributed by atoms with Gasteiger partial charge in [0.2, 0.25) is 5.91 Å². The lowest BCUT2D eigenvalue weighted by atomic mass is 9.79. The Morgan fingerprint density at radius 2 is 1.78 bits per heavy atom. The average molecular weight is 319 g/mol. The molecule has 0 atom stereocenters. The van der Waals surface area contributed by atoms with E-state index in [0.717, 1.165) is 5.69 Å². The standard InChI is InChI=1S/C17H25N3O3/c1-12-10-14(21)13(11-19(12)5)15(22)20-8-6-17(2,7-9-20)16(23)18(3)4/h10-11H,6-9H2,1-5H3. The third-order valence-corrected chi connectivity index (χ3v) is 4.79. The monoisotopic (exact) mass is 319 g/mol. The summed E-state index contributed by atoms with van der Waals surface area (Å²) in [6, 6.07) is 1.48. The molecule has 126 valence electrons. The van der Waals surface area contributed by atoms with Crippen LogP contribution < -0.4 is 5.43 Å². The molecule has 23 heavy (non-hydrogen) atoms. The van der Waals surface area contributed by atoms with Gasteiger partial charge < -0.3 is 14.4 Å². The molecule has 0 aromatic carbocycles. The van der Waals surface area contributed by atoms with E-state index in [1.165, 1.54) is 6.07 Å². The maximum atomic E-state index is 12.6. The summed E-state index contributed by atoms with van der Waals surface area (Å²) in [5.41, 5.74) is 0.330. The zero-order valence-electron chi connectivity index (χ0n) is 14.5. The van der Waals surface area contributed by atoms with Crippen molar-refractivity contribution in [1.29, 1.82) is 0 Å². The summed E-state index contributed by atoms with van der Waals surface area (Å²) < 4.78 is 1.78. The van der Waals surface area contributed by atoms with Gasteiger partial charge in [-0.1, -0.05) is 6.92 Å². The summed E-state index contributed by atoms with van der Waals surface area (Å²) in [7, 11) is 5.32. The van der Waals surface area contributed by atoms with E-state index in [0.29, 0.717) is 25.9 Å². The van der Waals surface area contributed by atoms with Crippen LogP contribution in [0.1, 0.15) is 35.8 Å². The van der Waals surface area contributed by atoms with E-state index in [4.69, 9.17) is 0 Å². The molecule has 1 aromatic heterocycles. The number of pyridine rings is 1. The first-order valence-electron chi connectivity index (χ1n) is 7.84. The first kappa shape index (κ1) is 17.2. The van der Waals surface area contributed by atoms with Gasteiger partial charge in [-0.05, 0) is 19.8 Å². The normalized spacial score (nSPS) is 17.0. The van der Waals surface area contributed by atoms with E-state index in [9.17, 15) is 14.4 Å². The second kappa shape index (κ2) is 6.18. The molecule has 2 rings (SSSR count). The lowest BCUT2D eigenvalue weighted by Crippen LogP contribution is -2.49. The summed E-state index contributed by atoms with van der Waals surface area (Å²) in [6.45, 7) is 4.76. The molecular formula is C17H25N3O3. The maximum Gasteiger partial charge on any atom is 0.259 e. The second-order valence-corrected chi connectivity index (χ2v) is 6.86. The Labute approximate surface area is 136 Å². The van der Waals surface area contributed by atoms with Crippen LogP contribution in [0.15, 0.2) is 17.1 Å². The Morgan fingerprint density at radius 3 is 2.30 bits per heavy atom. The number of aryl methyl sites for hydroxylation is 2. The first-order valence-corrected chi connectivity index (χ1v) is 7.84. The van der Waals surface area contributed by atoms with Crippen molar-refractivity contribution in [1.82, 2.24) is 14.4 Å². The third-order valence-electron chi connectivity index (χ3n) is 4.79. The lowest BCUT2D eigenvalue weighted by molar-refractivity contribution is -0.140. The molecule has 2 amide bonds. The van der Waals surface area contributed by atoms with Crippen molar-refractivity contribution in [3.63, 3.8) is 0 Å². The van der Waals surface area contributed by atoms with Gasteiger partial charge >= 0.3 is 0 Å². The van der Waals surface area contributed by atoms with E-state index in [2.05, 4.69) is 0 Å². The minimum absolute atomic E-state index is 0.0934. The molecule has 6 nitrogen and oxygen atoms in total. The number of amides is 2. The minimum atomic E-state index is -0.432. The van der Waals surface area contributed by atoms with Crippen molar-refractivity contribution in [2.24, 2.45) is 12.5 Å². The van der Waals surface area contributed by atoms with E-state index in [-0.39, 0.29) is 22.8 Å². The fourth-order valence-corrected chi connectivity index (χ4v) is 3.02. The van der Waals surface area contributed by atoms with Gasteiger partial charge in [0.25, 0.3) is 5.91 Å². The molecule has 0 saturated carbocycles. The Hall–Kier alpha value is -2.11. The summed E-state index contributed by atoms with van der Waals surface area (Å²) >= 11 is 0. The fourth-order valence-electron chi connectivity index (χ4n) is 3.02. The van der Waals surface area contributed by atoms with E-state index in [1.807, 2.05) is 20.9 Å². The molecule has 1 saturated heterocycles. The Morgan fingerprint density at radius 1 is 1.22 bits per heavy atom. The molecule has 0 spiro atoms. The molecule has 1 aliphatic heterocycles. The van der Waals surface area contributed by atoms with Crippen LogP contribution in [0, 0.1) is 12.3 Å². The summed E-state index contributed by atoms with van der Waals surface area (Å²) in [6.07, 6.45) is 2.82. The molecule has 1 aromatic rings. The summed E-state index contributed by atoms with van der Waals surface area (Å²) in [4.78, 5) is 40.2. The van der Waals surface area contributed by atoms with Crippen LogP contribution in [-0.4, -0.2) is 53.4 Å². The van der Waals surface area contributed by atoms with Crippen molar-refractivity contribution in [3.05, 3.63) is 33.7 Å². The number of aromatic nitrogens is 1. The highest BCUT2D eigenvalue weighted by Crippen LogP contribution is 2.32. The average Bonchev–Trinajstić information content (AvgIpc) is 2.50. The van der Waals surface area contributed by atoms with Gasteiger partial charge in [0, 0.05) is 57.6 Å². The number of carbonyl (C=O) groups excluding carboxylic acids is 2. The number of carbonyl (C=O) groups is 2. The number of piperidine rings is 1. The predicted molar refractivity (Wildman–Crippen MR) is 88.4 cm³/mol. The summed E-state index contributed by atoms with van der Waals surface area (Å²) in [5, 5.41) is 0. The third kappa shape index (κ3) is 3.30. The molecular weight excluding hydrogens is 294 g/mol. The van der Waals surface area contributed by atoms with Gasteiger partial charge in [-0.2, -0.15) is 0 Å². The van der Waals surface area contributed by atoms with E-state index >= 15 is 0 Å². The Kier molecular flexibility index (Phi) is 4.63. The fraction of sp³-hybridized carbons (Fsp3) is 0.588. The lowest BCUT2D eigenvalue weighted by Gasteiger charge is -2.39. The molecule has 1 fully saturated rings. The molecule has 0 aliphatic carbocycles. The van der Waals surface area contributed by atoms with E-state index < -0.39 is 5.41 Å². The Bertz CT molecular complexity index is 683. The quantitative estimate of drug-likeness (QED) is 0.818. The highest BCUT2D eigenvalue weighted by Gasteiger charge is 2.39. The number of hydrogen-bond acceptors (Lipinski definition) is 3. The predicted octanol–water partition coefficient (Wildman–Crippen LogP) is 1.02. The van der Waals surface area contributed by atoms with Crippen LogP contribution in [0.3, 0.4) is 0 Å². The molecule has 6 heteroatoms. The molecule has 1 aliphatic rings. The maximum absolute atomic E-state index is 12.6. The van der Waals surface area contributed by atoms with Crippen molar-refractivity contribution in [2.75, 3.05) is 27.2 Å². The number of nitrogens with zero attached hydrogens (tertiary/aromatic N) is 3. The van der Waals surface area contributed by atoms with Crippen LogP contribution in [0.5, 0.6) is 0 Å². The van der Waals surface area contributed by atoms with E-state index in [1.54, 1.807) is 34.7 Å². The zero-order chi connectivity index (χ0) is 17.4. The first-order chi connectivity index (χ1) is 10.7. The SMILES string of the molecule is Cc1cc(=O)c(C(=O)N2CCC(C)(C(=O)N(C)C)CC2)cn1C. The van der Waals surface area contributed by atoms with Crippen molar-refractivity contribution < 1.29 is 9.59 Å². The Balaban J connectivity index is 2.15. The second-order valence-electron chi connectivity index (χ2n) is 6.86. The van der Waals surface area contributed by atoms with Gasteiger partial charge in [0.15, 0.2) is 5.43 Å². The highest BCUT2D eigenvalue weighted by atomic mass is 16.2. The smallest absolute Gasteiger partial charge is 0.259 e. The van der Waals surface area contributed by atoms with Gasteiger partial charge in [0.1, 0.15) is 5.56 Å². The zero-order valence-corrected chi connectivity index (χ0v) is 14.5. The van der Waals surface area contributed by atoms with Gasteiger partial charge in [-0.25, -0.2) is 0 Å². The minimum Gasteiger partial charge on any atom is -0.354 e. The van der Waals surface area contributed by atoms with Crippen molar-refractivity contribution in [3.8, 4) is 0 Å². The molecule has 0 bridgehead atoms. The van der Waals surface area contributed by atoms with Gasteiger partial charge in [0.05, 0.1) is 0 Å². The van der Waals surface area contributed by atoms with Crippen LogP contribution in [0.25, 0.3) is 0 Å². The largest absolute Gasteiger partial charge is 0.354 e. The van der Waals surface area contributed by atoms with Gasteiger partial charge in [-0.15, -0.1) is 0 Å². The summed E-state index contributed by atoms with van der Waals surface area (Å²) in [5.74, 6) is -0.152.